The van der Waals surface area contributed by atoms with Crippen molar-refractivity contribution in [3.63, 3.8) is 0 Å². The summed E-state index contributed by atoms with van der Waals surface area (Å²) >= 11 is 0. The summed E-state index contributed by atoms with van der Waals surface area (Å²) in [5.41, 5.74) is 0.746. The lowest BCUT2D eigenvalue weighted by atomic mass is 9.77. The molecule has 2 rings (SSSR count). The van der Waals surface area contributed by atoms with Crippen molar-refractivity contribution in [2.75, 3.05) is 26.2 Å². The van der Waals surface area contributed by atoms with Gasteiger partial charge < -0.3 is 10.0 Å². The van der Waals surface area contributed by atoms with Crippen molar-refractivity contribution in [1.82, 2.24) is 4.90 Å². The van der Waals surface area contributed by atoms with Gasteiger partial charge in [-0.3, -0.25) is 0 Å². The minimum absolute atomic E-state index is 0.349. The van der Waals surface area contributed by atoms with Gasteiger partial charge in [0.05, 0.1) is 0 Å². The molecule has 2 heteroatoms. The van der Waals surface area contributed by atoms with E-state index in [0.29, 0.717) is 6.61 Å². The van der Waals surface area contributed by atoms with Crippen LogP contribution in [0.25, 0.3) is 0 Å². The van der Waals surface area contributed by atoms with Crippen LogP contribution >= 0.6 is 0 Å². The second-order valence-corrected chi connectivity index (χ2v) is 5.13. The first-order valence-electron chi connectivity index (χ1n) is 6.18. The second kappa shape index (κ2) is 4.63. The molecule has 0 unspecified atom stereocenters. The zero-order valence-electron chi connectivity index (χ0n) is 9.17. The topological polar surface area (TPSA) is 23.5 Å². The largest absolute Gasteiger partial charge is 0.396 e. The van der Waals surface area contributed by atoms with Crippen molar-refractivity contribution in [2.45, 2.75) is 44.9 Å². The molecule has 1 heterocycles. The van der Waals surface area contributed by atoms with Gasteiger partial charge >= 0.3 is 0 Å². The minimum atomic E-state index is 0.349. The summed E-state index contributed by atoms with van der Waals surface area (Å²) in [7, 11) is 0. The standard InChI is InChI=1S/C12H23NO/c14-11-3-8-13-9-6-12(7-10-13)4-1-2-5-12/h14H,1-11H2. The number of aliphatic hydroxyl groups is 1. The SMILES string of the molecule is OCCCN1CCC2(CCCC2)CC1. The summed E-state index contributed by atoms with van der Waals surface area (Å²) in [5, 5.41) is 8.78. The van der Waals surface area contributed by atoms with Gasteiger partial charge in [0.25, 0.3) is 0 Å². The Morgan fingerprint density at radius 1 is 1.00 bits per heavy atom. The Kier molecular flexibility index (Phi) is 3.45. The van der Waals surface area contributed by atoms with Crippen LogP contribution in [-0.2, 0) is 0 Å². The Labute approximate surface area is 87.3 Å². The van der Waals surface area contributed by atoms with Crippen molar-refractivity contribution in [3.05, 3.63) is 0 Å². The summed E-state index contributed by atoms with van der Waals surface area (Å²) in [5.74, 6) is 0. The van der Waals surface area contributed by atoms with Gasteiger partial charge in [0, 0.05) is 13.2 Å². The highest BCUT2D eigenvalue weighted by molar-refractivity contribution is 4.89. The smallest absolute Gasteiger partial charge is 0.0443 e. The van der Waals surface area contributed by atoms with Crippen LogP contribution in [0.1, 0.15) is 44.9 Å². The fraction of sp³-hybridized carbons (Fsp3) is 1.00. The van der Waals surface area contributed by atoms with Gasteiger partial charge in [-0.2, -0.15) is 0 Å². The first-order chi connectivity index (χ1) is 6.85. The maximum absolute atomic E-state index is 8.78. The van der Waals surface area contributed by atoms with Gasteiger partial charge in [-0.25, -0.2) is 0 Å². The molecule has 0 aromatic carbocycles. The zero-order valence-corrected chi connectivity index (χ0v) is 9.17. The van der Waals surface area contributed by atoms with Gasteiger partial charge in [-0.1, -0.05) is 12.8 Å². The number of piperidine rings is 1. The molecule has 0 atom stereocenters. The average Bonchev–Trinajstić information content (AvgIpc) is 2.66. The molecule has 1 aliphatic carbocycles. The normalized spacial score (nSPS) is 27.2. The molecule has 1 aliphatic heterocycles. The Morgan fingerprint density at radius 2 is 1.64 bits per heavy atom. The van der Waals surface area contributed by atoms with Gasteiger partial charge in [0.15, 0.2) is 0 Å². The molecule has 0 bridgehead atoms. The van der Waals surface area contributed by atoms with E-state index in [1.165, 1.54) is 51.6 Å². The van der Waals surface area contributed by atoms with Crippen molar-refractivity contribution in [1.29, 1.82) is 0 Å². The van der Waals surface area contributed by atoms with Crippen LogP contribution in [0.15, 0.2) is 0 Å². The van der Waals surface area contributed by atoms with Crippen LogP contribution in [0.4, 0.5) is 0 Å². The quantitative estimate of drug-likeness (QED) is 0.748. The Hall–Kier alpha value is -0.0800. The lowest BCUT2D eigenvalue weighted by Gasteiger charge is -2.39. The zero-order chi connectivity index (χ0) is 9.86. The van der Waals surface area contributed by atoms with E-state index in [1.54, 1.807) is 0 Å². The van der Waals surface area contributed by atoms with Crippen LogP contribution in [-0.4, -0.2) is 36.2 Å². The third-order valence-electron chi connectivity index (χ3n) is 4.21. The number of likely N-dealkylation sites (tertiary alicyclic amines) is 1. The van der Waals surface area contributed by atoms with E-state index in [0.717, 1.165) is 18.4 Å². The summed E-state index contributed by atoms with van der Waals surface area (Å²) < 4.78 is 0. The molecule has 82 valence electrons. The fourth-order valence-corrected chi connectivity index (χ4v) is 3.17. The van der Waals surface area contributed by atoms with Crippen LogP contribution in [0, 0.1) is 5.41 Å². The monoisotopic (exact) mass is 197 g/mol. The summed E-state index contributed by atoms with van der Waals surface area (Å²) in [6.07, 6.45) is 9.69. The molecule has 2 fully saturated rings. The predicted molar refractivity (Wildman–Crippen MR) is 58.3 cm³/mol. The number of hydrogen-bond donors (Lipinski definition) is 1. The van der Waals surface area contributed by atoms with Crippen molar-refractivity contribution >= 4 is 0 Å². The van der Waals surface area contributed by atoms with E-state index in [2.05, 4.69) is 4.90 Å². The number of nitrogens with zero attached hydrogens (tertiary/aromatic N) is 1. The van der Waals surface area contributed by atoms with Gasteiger partial charge in [0.1, 0.15) is 0 Å². The minimum Gasteiger partial charge on any atom is -0.396 e. The van der Waals surface area contributed by atoms with Crippen LogP contribution < -0.4 is 0 Å². The Bertz CT molecular complexity index is 165. The number of hydrogen-bond acceptors (Lipinski definition) is 2. The highest BCUT2D eigenvalue weighted by Crippen LogP contribution is 2.45. The summed E-state index contributed by atoms with van der Waals surface area (Å²) in [6, 6.07) is 0. The van der Waals surface area contributed by atoms with E-state index in [4.69, 9.17) is 5.11 Å². The van der Waals surface area contributed by atoms with Crippen LogP contribution in [0.3, 0.4) is 0 Å². The maximum atomic E-state index is 8.78. The molecule has 2 nitrogen and oxygen atoms in total. The number of rotatable bonds is 3. The summed E-state index contributed by atoms with van der Waals surface area (Å²) in [4.78, 5) is 2.53. The molecule has 1 N–H and O–H groups in total. The molecule has 14 heavy (non-hydrogen) atoms. The van der Waals surface area contributed by atoms with Gasteiger partial charge in [-0.15, -0.1) is 0 Å². The molecule has 1 spiro atoms. The first-order valence-corrected chi connectivity index (χ1v) is 6.18. The van der Waals surface area contributed by atoms with E-state index >= 15 is 0 Å². The lowest BCUT2D eigenvalue weighted by molar-refractivity contribution is 0.103. The molecular weight excluding hydrogens is 174 g/mol. The van der Waals surface area contributed by atoms with E-state index in [1.807, 2.05) is 0 Å². The van der Waals surface area contributed by atoms with Crippen molar-refractivity contribution < 1.29 is 5.11 Å². The Morgan fingerprint density at radius 3 is 2.21 bits per heavy atom. The average molecular weight is 197 g/mol. The molecule has 0 aromatic rings. The second-order valence-electron chi connectivity index (χ2n) is 5.13. The maximum Gasteiger partial charge on any atom is 0.0443 e. The van der Waals surface area contributed by atoms with E-state index in [9.17, 15) is 0 Å². The highest BCUT2D eigenvalue weighted by Gasteiger charge is 2.36. The third kappa shape index (κ3) is 2.29. The molecule has 0 amide bonds. The molecule has 2 aliphatic rings. The lowest BCUT2D eigenvalue weighted by Crippen LogP contribution is -2.39. The van der Waals surface area contributed by atoms with Crippen LogP contribution in [0.5, 0.6) is 0 Å². The predicted octanol–water partition coefficient (Wildman–Crippen LogP) is 2.02. The van der Waals surface area contributed by atoms with Gasteiger partial charge in [-0.05, 0) is 50.6 Å². The molecule has 0 radical (unpaired) electrons. The van der Waals surface area contributed by atoms with Gasteiger partial charge in [0.2, 0.25) is 0 Å². The molecule has 1 saturated heterocycles. The van der Waals surface area contributed by atoms with E-state index < -0.39 is 0 Å². The fourth-order valence-electron chi connectivity index (χ4n) is 3.17. The van der Waals surface area contributed by atoms with Crippen molar-refractivity contribution in [2.24, 2.45) is 5.41 Å². The summed E-state index contributed by atoms with van der Waals surface area (Å²) in [6.45, 7) is 4.01. The first kappa shape index (κ1) is 10.4. The third-order valence-corrected chi connectivity index (χ3v) is 4.21. The molecule has 0 aromatic heterocycles. The van der Waals surface area contributed by atoms with E-state index in [-0.39, 0.29) is 0 Å². The van der Waals surface area contributed by atoms with Crippen LogP contribution in [0.2, 0.25) is 0 Å². The molecule has 1 saturated carbocycles. The highest BCUT2D eigenvalue weighted by atomic mass is 16.3. The molecular formula is C12H23NO. The Balaban J connectivity index is 1.74. The van der Waals surface area contributed by atoms with Crippen molar-refractivity contribution in [3.8, 4) is 0 Å². The number of aliphatic hydroxyl groups excluding tert-OH is 1.